The fourth-order valence-electron chi connectivity index (χ4n) is 2.12. The van der Waals surface area contributed by atoms with Crippen LogP contribution in [0.4, 0.5) is 13.2 Å². The second kappa shape index (κ2) is 4.56. The molecule has 0 radical (unpaired) electrons. The largest absolute Gasteiger partial charge is 0.478 e. The van der Waals surface area contributed by atoms with Gasteiger partial charge in [0.1, 0.15) is 0 Å². The van der Waals surface area contributed by atoms with E-state index in [4.69, 9.17) is 5.11 Å². The molecule has 0 saturated carbocycles. The van der Waals surface area contributed by atoms with Crippen LogP contribution in [0.3, 0.4) is 0 Å². The zero-order chi connectivity index (χ0) is 14.2. The van der Waals surface area contributed by atoms with Gasteiger partial charge < -0.3 is 10.4 Å². The Labute approximate surface area is 106 Å². The zero-order valence-corrected chi connectivity index (χ0v) is 9.62. The maximum Gasteiger partial charge on any atom is 0.471 e. The highest BCUT2D eigenvalue weighted by Gasteiger charge is 2.40. The molecule has 19 heavy (non-hydrogen) atoms. The average molecular weight is 273 g/mol. The molecule has 2 rings (SSSR count). The molecular weight excluding hydrogens is 263 g/mol. The quantitative estimate of drug-likeness (QED) is 0.858. The van der Waals surface area contributed by atoms with Crippen LogP contribution < -0.4 is 5.32 Å². The standard InChI is InChI=1S/C12H10F3NO3/c13-12(14,15)11(19)16-9-4-6-1-2-7(10(17)18)3-8(6)5-9/h1-3,9H,4-5H2,(H,16,19)(H,17,18). The Morgan fingerprint density at radius 3 is 2.42 bits per heavy atom. The molecule has 0 spiro atoms. The highest BCUT2D eigenvalue weighted by molar-refractivity contribution is 5.88. The van der Waals surface area contributed by atoms with Crippen LogP contribution in [0.15, 0.2) is 18.2 Å². The lowest BCUT2D eigenvalue weighted by Gasteiger charge is -2.13. The Morgan fingerprint density at radius 1 is 1.21 bits per heavy atom. The lowest BCUT2D eigenvalue weighted by molar-refractivity contribution is -0.174. The number of halogens is 3. The van der Waals surface area contributed by atoms with Crippen molar-refractivity contribution < 1.29 is 27.9 Å². The van der Waals surface area contributed by atoms with Gasteiger partial charge in [0.25, 0.3) is 0 Å². The molecule has 0 bridgehead atoms. The van der Waals surface area contributed by atoms with Gasteiger partial charge in [-0.25, -0.2) is 4.79 Å². The van der Waals surface area contributed by atoms with Crippen LogP contribution in [0.1, 0.15) is 21.5 Å². The molecule has 1 aromatic carbocycles. The molecule has 0 fully saturated rings. The molecular formula is C12H10F3NO3. The Morgan fingerprint density at radius 2 is 1.84 bits per heavy atom. The molecule has 1 amide bonds. The Kier molecular flexibility index (Phi) is 3.21. The number of nitrogens with one attached hydrogen (secondary N) is 1. The molecule has 0 saturated heterocycles. The van der Waals surface area contributed by atoms with E-state index in [2.05, 4.69) is 0 Å². The number of amides is 1. The van der Waals surface area contributed by atoms with Crippen LogP contribution in [0, 0.1) is 0 Å². The number of alkyl halides is 3. The minimum absolute atomic E-state index is 0.0848. The van der Waals surface area contributed by atoms with Crippen LogP contribution in [0.5, 0.6) is 0 Å². The monoisotopic (exact) mass is 273 g/mol. The van der Waals surface area contributed by atoms with Gasteiger partial charge in [-0.05, 0) is 36.1 Å². The molecule has 0 aliphatic heterocycles. The number of benzene rings is 1. The lowest BCUT2D eigenvalue weighted by atomic mass is 10.1. The van der Waals surface area contributed by atoms with Crippen molar-refractivity contribution in [3.05, 3.63) is 34.9 Å². The molecule has 0 aromatic heterocycles. The summed E-state index contributed by atoms with van der Waals surface area (Å²) < 4.78 is 36.3. The third-order valence-corrected chi connectivity index (χ3v) is 2.98. The molecule has 1 aromatic rings. The third kappa shape index (κ3) is 2.86. The van der Waals surface area contributed by atoms with Crippen molar-refractivity contribution in [3.8, 4) is 0 Å². The van der Waals surface area contributed by atoms with E-state index in [1.54, 1.807) is 6.07 Å². The van der Waals surface area contributed by atoms with E-state index in [9.17, 15) is 22.8 Å². The van der Waals surface area contributed by atoms with E-state index in [-0.39, 0.29) is 18.4 Å². The molecule has 1 unspecified atom stereocenters. The van der Waals surface area contributed by atoms with E-state index in [0.29, 0.717) is 5.56 Å². The van der Waals surface area contributed by atoms with E-state index < -0.39 is 24.1 Å². The minimum Gasteiger partial charge on any atom is -0.478 e. The van der Waals surface area contributed by atoms with Crippen LogP contribution in [0.2, 0.25) is 0 Å². The maximum atomic E-state index is 12.1. The minimum atomic E-state index is -4.90. The van der Waals surface area contributed by atoms with Crippen molar-refractivity contribution in [2.24, 2.45) is 0 Å². The number of rotatable bonds is 2. The summed E-state index contributed by atoms with van der Waals surface area (Å²) in [7, 11) is 0. The van der Waals surface area contributed by atoms with Gasteiger partial charge in [-0.2, -0.15) is 13.2 Å². The van der Waals surface area contributed by atoms with Crippen LogP contribution in [-0.4, -0.2) is 29.2 Å². The van der Waals surface area contributed by atoms with Crippen molar-refractivity contribution in [3.63, 3.8) is 0 Å². The number of aromatic carboxylic acids is 1. The van der Waals surface area contributed by atoms with Crippen molar-refractivity contribution in [1.29, 1.82) is 0 Å². The summed E-state index contributed by atoms with van der Waals surface area (Å²) in [6.45, 7) is 0. The highest BCUT2D eigenvalue weighted by Crippen LogP contribution is 2.24. The summed E-state index contributed by atoms with van der Waals surface area (Å²) in [6, 6.07) is 3.75. The van der Waals surface area contributed by atoms with Gasteiger partial charge in [0.05, 0.1) is 5.56 Å². The van der Waals surface area contributed by atoms with Crippen molar-refractivity contribution in [2.75, 3.05) is 0 Å². The van der Waals surface area contributed by atoms with Crippen LogP contribution in [0.25, 0.3) is 0 Å². The van der Waals surface area contributed by atoms with Gasteiger partial charge in [0.15, 0.2) is 0 Å². The normalized spacial score (nSPS) is 17.9. The number of carboxylic acids is 1. The first kappa shape index (κ1) is 13.4. The highest BCUT2D eigenvalue weighted by atomic mass is 19.4. The Balaban J connectivity index is 2.08. The van der Waals surface area contributed by atoms with Crippen molar-refractivity contribution >= 4 is 11.9 Å². The first-order chi connectivity index (χ1) is 8.77. The van der Waals surface area contributed by atoms with Gasteiger partial charge in [0, 0.05) is 6.04 Å². The molecule has 1 atom stereocenters. The van der Waals surface area contributed by atoms with Gasteiger partial charge in [0.2, 0.25) is 0 Å². The molecule has 2 N–H and O–H groups in total. The summed E-state index contributed by atoms with van der Waals surface area (Å²) >= 11 is 0. The molecule has 102 valence electrons. The van der Waals surface area contributed by atoms with Gasteiger partial charge in [-0.1, -0.05) is 6.07 Å². The number of hydrogen-bond donors (Lipinski definition) is 2. The Bertz CT molecular complexity index is 540. The topological polar surface area (TPSA) is 66.4 Å². The van der Waals surface area contributed by atoms with Gasteiger partial charge in [-0.15, -0.1) is 0 Å². The first-order valence-corrected chi connectivity index (χ1v) is 5.50. The second-order valence-corrected chi connectivity index (χ2v) is 4.37. The molecule has 0 heterocycles. The molecule has 7 heteroatoms. The summed E-state index contributed by atoms with van der Waals surface area (Å²) in [6.07, 6.45) is -4.42. The van der Waals surface area contributed by atoms with Gasteiger partial charge >= 0.3 is 18.1 Å². The van der Waals surface area contributed by atoms with E-state index in [1.165, 1.54) is 12.1 Å². The van der Waals surface area contributed by atoms with E-state index >= 15 is 0 Å². The summed E-state index contributed by atoms with van der Waals surface area (Å²) in [4.78, 5) is 21.6. The average Bonchev–Trinajstić information content (AvgIpc) is 2.68. The maximum absolute atomic E-state index is 12.1. The van der Waals surface area contributed by atoms with E-state index in [1.807, 2.05) is 5.32 Å². The number of fused-ring (bicyclic) bond motifs is 1. The summed E-state index contributed by atoms with van der Waals surface area (Å²) in [5, 5.41) is 10.7. The fraction of sp³-hybridized carbons (Fsp3) is 0.333. The molecule has 1 aliphatic carbocycles. The molecule has 1 aliphatic rings. The first-order valence-electron chi connectivity index (χ1n) is 5.50. The predicted molar refractivity (Wildman–Crippen MR) is 58.8 cm³/mol. The number of carbonyl (C=O) groups is 2. The van der Waals surface area contributed by atoms with Crippen molar-refractivity contribution in [1.82, 2.24) is 5.32 Å². The summed E-state index contributed by atoms with van der Waals surface area (Å²) in [5.41, 5.74) is 1.51. The Hall–Kier alpha value is -2.05. The number of carbonyl (C=O) groups excluding carboxylic acids is 1. The van der Waals surface area contributed by atoms with Gasteiger partial charge in [-0.3, -0.25) is 4.79 Å². The van der Waals surface area contributed by atoms with Crippen molar-refractivity contribution in [2.45, 2.75) is 25.1 Å². The second-order valence-electron chi connectivity index (χ2n) is 4.37. The number of carboxylic acid groups (broad SMARTS) is 1. The predicted octanol–water partition coefficient (Wildman–Crippen LogP) is 1.53. The van der Waals surface area contributed by atoms with Crippen LogP contribution >= 0.6 is 0 Å². The zero-order valence-electron chi connectivity index (χ0n) is 9.62. The SMILES string of the molecule is O=C(O)c1ccc2c(c1)CC(NC(=O)C(F)(F)F)C2. The van der Waals surface area contributed by atoms with E-state index in [0.717, 1.165) is 5.56 Å². The molecule has 4 nitrogen and oxygen atoms in total. The summed E-state index contributed by atoms with van der Waals surface area (Å²) in [5.74, 6) is -3.06. The smallest absolute Gasteiger partial charge is 0.471 e. The van der Waals surface area contributed by atoms with Crippen LogP contribution in [-0.2, 0) is 17.6 Å². The third-order valence-electron chi connectivity index (χ3n) is 2.98. The fourth-order valence-corrected chi connectivity index (χ4v) is 2.12. The lowest BCUT2D eigenvalue weighted by Crippen LogP contribution is -2.43. The number of hydrogen-bond acceptors (Lipinski definition) is 2.